The van der Waals surface area contributed by atoms with Gasteiger partial charge in [-0.15, -0.1) is 0 Å². The molecule has 0 amide bonds. The fraction of sp³-hybridized carbons (Fsp3) is 0.615. The van der Waals surface area contributed by atoms with E-state index in [9.17, 15) is 4.79 Å². The molecule has 4 heteroatoms. The molecule has 0 spiro atoms. The van der Waals surface area contributed by atoms with Crippen molar-refractivity contribution in [2.24, 2.45) is 5.92 Å². The first-order chi connectivity index (χ1) is 8.20. The molecule has 1 N–H and O–H groups in total. The Morgan fingerprint density at radius 1 is 1.53 bits per heavy atom. The predicted octanol–water partition coefficient (Wildman–Crippen LogP) is 1.71. The summed E-state index contributed by atoms with van der Waals surface area (Å²) in [5.74, 6) is 0.800. The molecule has 1 aliphatic rings. The topological polar surface area (TPSA) is 43.3 Å². The second-order valence-corrected chi connectivity index (χ2v) is 4.71. The van der Waals surface area contributed by atoms with Crippen LogP contribution in [0.2, 0.25) is 0 Å². The fourth-order valence-corrected chi connectivity index (χ4v) is 1.96. The minimum atomic E-state index is 0.0201. The summed E-state index contributed by atoms with van der Waals surface area (Å²) in [7, 11) is 1.64. The quantitative estimate of drug-likeness (QED) is 0.817. The van der Waals surface area contributed by atoms with Crippen LogP contribution in [0.15, 0.2) is 23.1 Å². The molecule has 1 fully saturated rings. The van der Waals surface area contributed by atoms with Crippen LogP contribution in [0.3, 0.4) is 0 Å². The van der Waals surface area contributed by atoms with Gasteiger partial charge in [0.1, 0.15) is 0 Å². The Morgan fingerprint density at radius 2 is 2.29 bits per heavy atom. The smallest absolute Gasteiger partial charge is 0.250 e. The zero-order valence-electron chi connectivity index (χ0n) is 10.5. The van der Waals surface area contributed by atoms with Gasteiger partial charge in [-0.25, -0.2) is 0 Å². The molecule has 1 unspecified atom stereocenters. The van der Waals surface area contributed by atoms with Gasteiger partial charge >= 0.3 is 0 Å². The highest BCUT2D eigenvalue weighted by Crippen LogP contribution is 2.33. The minimum Gasteiger partial charge on any atom is -0.383 e. The van der Waals surface area contributed by atoms with E-state index in [1.165, 1.54) is 12.8 Å². The van der Waals surface area contributed by atoms with Crippen LogP contribution in [0.5, 0.6) is 0 Å². The number of hydrogen-bond acceptors (Lipinski definition) is 3. The van der Waals surface area contributed by atoms with Gasteiger partial charge in [0.05, 0.1) is 12.3 Å². The van der Waals surface area contributed by atoms with E-state index in [1.807, 2.05) is 12.3 Å². The number of anilines is 1. The van der Waals surface area contributed by atoms with Crippen LogP contribution in [-0.2, 0) is 11.3 Å². The van der Waals surface area contributed by atoms with E-state index in [0.29, 0.717) is 19.2 Å². The van der Waals surface area contributed by atoms with Crippen LogP contribution < -0.4 is 10.9 Å². The summed E-state index contributed by atoms with van der Waals surface area (Å²) < 4.78 is 6.68. The van der Waals surface area contributed by atoms with Gasteiger partial charge in [0.25, 0.3) is 5.56 Å². The summed E-state index contributed by atoms with van der Waals surface area (Å²) in [5, 5.41) is 3.45. The van der Waals surface area contributed by atoms with E-state index < -0.39 is 0 Å². The predicted molar refractivity (Wildman–Crippen MR) is 68.4 cm³/mol. The molecule has 1 heterocycles. The van der Waals surface area contributed by atoms with Gasteiger partial charge in [-0.1, -0.05) is 0 Å². The average molecular weight is 236 g/mol. The third-order valence-electron chi connectivity index (χ3n) is 3.24. The molecule has 2 rings (SSSR count). The van der Waals surface area contributed by atoms with Crippen molar-refractivity contribution in [2.45, 2.75) is 32.4 Å². The number of ether oxygens (including phenoxy) is 1. The maximum Gasteiger partial charge on any atom is 0.250 e. The standard InChI is InChI=1S/C13H20N2O2/c1-10(11-3-4-11)14-12-5-6-13(16)15(9-12)7-8-17-2/h5-6,9-11,14H,3-4,7-8H2,1-2H3. The summed E-state index contributed by atoms with van der Waals surface area (Å²) in [6.45, 7) is 3.35. The lowest BCUT2D eigenvalue weighted by Crippen LogP contribution is -2.23. The number of nitrogens with one attached hydrogen (secondary N) is 1. The van der Waals surface area contributed by atoms with Gasteiger partial charge < -0.3 is 14.6 Å². The van der Waals surface area contributed by atoms with Gasteiger partial charge in [-0.05, 0) is 31.7 Å². The van der Waals surface area contributed by atoms with Crippen molar-refractivity contribution < 1.29 is 4.74 Å². The molecule has 0 aliphatic heterocycles. The second-order valence-electron chi connectivity index (χ2n) is 4.71. The van der Waals surface area contributed by atoms with E-state index in [-0.39, 0.29) is 5.56 Å². The van der Waals surface area contributed by atoms with Crippen molar-refractivity contribution in [3.05, 3.63) is 28.7 Å². The van der Waals surface area contributed by atoms with Gasteiger partial charge in [-0.2, -0.15) is 0 Å². The highest BCUT2D eigenvalue weighted by Gasteiger charge is 2.27. The van der Waals surface area contributed by atoms with Crippen LogP contribution in [0.25, 0.3) is 0 Å². The van der Waals surface area contributed by atoms with E-state index in [0.717, 1.165) is 11.6 Å². The molecule has 1 aliphatic carbocycles. The highest BCUT2D eigenvalue weighted by atomic mass is 16.5. The van der Waals surface area contributed by atoms with Crippen molar-refractivity contribution in [1.82, 2.24) is 4.57 Å². The van der Waals surface area contributed by atoms with Crippen molar-refractivity contribution in [1.29, 1.82) is 0 Å². The first kappa shape index (κ1) is 12.2. The lowest BCUT2D eigenvalue weighted by molar-refractivity contribution is 0.186. The van der Waals surface area contributed by atoms with Crippen LogP contribution in [-0.4, -0.2) is 24.3 Å². The number of nitrogens with zero attached hydrogens (tertiary/aromatic N) is 1. The molecule has 1 aromatic heterocycles. The average Bonchev–Trinajstić information content (AvgIpc) is 3.13. The Labute approximate surface area is 102 Å². The number of methoxy groups -OCH3 is 1. The zero-order valence-corrected chi connectivity index (χ0v) is 10.5. The van der Waals surface area contributed by atoms with Gasteiger partial charge in [0, 0.05) is 32.0 Å². The van der Waals surface area contributed by atoms with Crippen molar-refractivity contribution in [2.75, 3.05) is 19.0 Å². The Balaban J connectivity index is 2.04. The number of rotatable bonds is 6. The highest BCUT2D eigenvalue weighted by molar-refractivity contribution is 5.41. The lowest BCUT2D eigenvalue weighted by atomic mass is 10.2. The Bertz CT molecular complexity index is 424. The molecule has 0 aromatic carbocycles. The maximum atomic E-state index is 11.6. The summed E-state index contributed by atoms with van der Waals surface area (Å²) in [4.78, 5) is 11.6. The largest absolute Gasteiger partial charge is 0.383 e. The molecular weight excluding hydrogens is 216 g/mol. The normalized spacial score (nSPS) is 16.8. The molecule has 17 heavy (non-hydrogen) atoms. The minimum absolute atomic E-state index is 0.0201. The SMILES string of the molecule is COCCn1cc(NC(C)C2CC2)ccc1=O. The summed E-state index contributed by atoms with van der Waals surface area (Å²) in [6, 6.07) is 3.95. The molecule has 1 aromatic rings. The Kier molecular flexibility index (Phi) is 3.84. The summed E-state index contributed by atoms with van der Waals surface area (Å²) in [5.41, 5.74) is 1.03. The lowest BCUT2D eigenvalue weighted by Gasteiger charge is -2.15. The Hall–Kier alpha value is -1.29. The van der Waals surface area contributed by atoms with E-state index in [2.05, 4.69) is 12.2 Å². The molecule has 0 saturated heterocycles. The molecule has 1 saturated carbocycles. The second kappa shape index (κ2) is 5.36. The van der Waals surface area contributed by atoms with E-state index in [1.54, 1.807) is 17.7 Å². The molecule has 0 bridgehead atoms. The van der Waals surface area contributed by atoms with Crippen molar-refractivity contribution >= 4 is 5.69 Å². The van der Waals surface area contributed by atoms with Crippen LogP contribution in [0.1, 0.15) is 19.8 Å². The third kappa shape index (κ3) is 3.33. The number of hydrogen-bond donors (Lipinski definition) is 1. The summed E-state index contributed by atoms with van der Waals surface area (Å²) >= 11 is 0. The fourth-order valence-electron chi connectivity index (χ4n) is 1.96. The summed E-state index contributed by atoms with van der Waals surface area (Å²) in [6.07, 6.45) is 4.51. The maximum absolute atomic E-state index is 11.6. The monoisotopic (exact) mass is 236 g/mol. The third-order valence-corrected chi connectivity index (χ3v) is 3.24. The van der Waals surface area contributed by atoms with Crippen molar-refractivity contribution in [3.8, 4) is 0 Å². The van der Waals surface area contributed by atoms with Crippen LogP contribution in [0, 0.1) is 5.92 Å². The molecule has 0 radical (unpaired) electrons. The van der Waals surface area contributed by atoms with E-state index in [4.69, 9.17) is 4.74 Å². The van der Waals surface area contributed by atoms with Crippen LogP contribution in [0.4, 0.5) is 5.69 Å². The van der Waals surface area contributed by atoms with Crippen molar-refractivity contribution in [3.63, 3.8) is 0 Å². The zero-order chi connectivity index (χ0) is 12.3. The van der Waals surface area contributed by atoms with Gasteiger partial charge in [-0.3, -0.25) is 4.79 Å². The number of pyridine rings is 1. The molecule has 4 nitrogen and oxygen atoms in total. The van der Waals surface area contributed by atoms with Gasteiger partial charge in [0.2, 0.25) is 0 Å². The molecule has 94 valence electrons. The van der Waals surface area contributed by atoms with E-state index >= 15 is 0 Å². The molecular formula is C13H20N2O2. The first-order valence-electron chi connectivity index (χ1n) is 6.16. The van der Waals surface area contributed by atoms with Gasteiger partial charge in [0.15, 0.2) is 0 Å². The Morgan fingerprint density at radius 3 is 2.94 bits per heavy atom. The van der Waals surface area contributed by atoms with Crippen LogP contribution >= 0.6 is 0 Å². The molecule has 1 atom stereocenters. The first-order valence-corrected chi connectivity index (χ1v) is 6.16. The number of aromatic nitrogens is 1.